The minimum Gasteiger partial charge on any atom is -0.393 e. The smallest absolute Gasteiger partial charge is 0.0571 e. The molecule has 1 saturated carbocycles. The number of hydrogen-bond acceptors (Lipinski definition) is 1. The average molecular weight is 176 g/mol. The van der Waals surface area contributed by atoms with Gasteiger partial charge in [-0.05, 0) is 30.7 Å². The first-order valence-electron chi connectivity index (χ1n) is 5.08. The van der Waals surface area contributed by atoms with Crippen LogP contribution in [0, 0.1) is 5.92 Å². The van der Waals surface area contributed by atoms with Gasteiger partial charge >= 0.3 is 0 Å². The highest BCUT2D eigenvalue weighted by atomic mass is 16.3. The molecule has 0 heterocycles. The van der Waals surface area contributed by atoms with Gasteiger partial charge in [-0.2, -0.15) is 0 Å². The van der Waals surface area contributed by atoms with E-state index >= 15 is 0 Å². The summed E-state index contributed by atoms with van der Waals surface area (Å²) in [4.78, 5) is 0. The Hall–Kier alpha value is -0.820. The second-order valence-corrected chi connectivity index (χ2v) is 3.95. The second kappa shape index (κ2) is 3.93. The third-order valence-corrected chi connectivity index (χ3v) is 2.96. The summed E-state index contributed by atoms with van der Waals surface area (Å²) in [6.45, 7) is 0. The predicted octanol–water partition coefficient (Wildman–Crippen LogP) is 2.39. The molecule has 1 aliphatic carbocycles. The SMILES string of the molecule is O[C@@H]1CCCC1Cc1ccccc1. The second-order valence-electron chi connectivity index (χ2n) is 3.95. The van der Waals surface area contributed by atoms with Gasteiger partial charge in [-0.15, -0.1) is 0 Å². The van der Waals surface area contributed by atoms with Gasteiger partial charge in [0.05, 0.1) is 6.10 Å². The molecule has 0 spiro atoms. The highest BCUT2D eigenvalue weighted by molar-refractivity contribution is 5.15. The van der Waals surface area contributed by atoms with Crippen LogP contribution in [0.15, 0.2) is 30.3 Å². The van der Waals surface area contributed by atoms with E-state index in [1.54, 1.807) is 0 Å². The fourth-order valence-corrected chi connectivity index (χ4v) is 2.17. The molecule has 0 saturated heterocycles. The van der Waals surface area contributed by atoms with Crippen LogP contribution < -0.4 is 0 Å². The zero-order chi connectivity index (χ0) is 9.10. The lowest BCUT2D eigenvalue weighted by Crippen LogP contribution is -2.15. The third kappa shape index (κ3) is 2.10. The normalized spacial score (nSPS) is 27.8. The Morgan fingerprint density at radius 2 is 1.92 bits per heavy atom. The van der Waals surface area contributed by atoms with Gasteiger partial charge in [0.15, 0.2) is 0 Å². The molecular formula is C12H16O. The van der Waals surface area contributed by atoms with Crippen molar-refractivity contribution >= 4 is 0 Å². The van der Waals surface area contributed by atoms with Crippen molar-refractivity contribution in [3.63, 3.8) is 0 Å². The van der Waals surface area contributed by atoms with Crippen molar-refractivity contribution in [1.82, 2.24) is 0 Å². The Morgan fingerprint density at radius 3 is 2.54 bits per heavy atom. The number of hydrogen-bond donors (Lipinski definition) is 1. The molecule has 0 amide bonds. The fraction of sp³-hybridized carbons (Fsp3) is 0.500. The highest BCUT2D eigenvalue weighted by Gasteiger charge is 2.24. The summed E-state index contributed by atoms with van der Waals surface area (Å²) in [6, 6.07) is 10.5. The third-order valence-electron chi connectivity index (χ3n) is 2.96. The van der Waals surface area contributed by atoms with E-state index in [1.807, 2.05) is 6.07 Å². The molecule has 1 aromatic carbocycles. The first-order valence-corrected chi connectivity index (χ1v) is 5.08. The van der Waals surface area contributed by atoms with Crippen LogP contribution >= 0.6 is 0 Å². The molecule has 0 aliphatic heterocycles. The largest absolute Gasteiger partial charge is 0.393 e. The number of aliphatic hydroxyl groups excluding tert-OH is 1. The van der Waals surface area contributed by atoms with Crippen molar-refractivity contribution in [2.24, 2.45) is 5.92 Å². The predicted molar refractivity (Wildman–Crippen MR) is 53.5 cm³/mol. The van der Waals surface area contributed by atoms with E-state index in [9.17, 15) is 5.11 Å². The Labute approximate surface area is 79.4 Å². The minimum atomic E-state index is -0.0554. The molecule has 2 atom stereocenters. The maximum Gasteiger partial charge on any atom is 0.0571 e. The first kappa shape index (κ1) is 8.76. The average Bonchev–Trinajstić information content (AvgIpc) is 2.54. The zero-order valence-corrected chi connectivity index (χ0v) is 7.82. The summed E-state index contributed by atoms with van der Waals surface area (Å²) in [7, 11) is 0. The van der Waals surface area contributed by atoms with Crippen LogP contribution in [0.2, 0.25) is 0 Å². The van der Waals surface area contributed by atoms with Crippen molar-refractivity contribution in [2.75, 3.05) is 0 Å². The van der Waals surface area contributed by atoms with E-state index in [1.165, 1.54) is 18.4 Å². The Morgan fingerprint density at radius 1 is 1.15 bits per heavy atom. The molecule has 70 valence electrons. The highest BCUT2D eigenvalue weighted by Crippen LogP contribution is 2.28. The summed E-state index contributed by atoms with van der Waals surface area (Å²) in [5, 5.41) is 9.65. The van der Waals surface area contributed by atoms with Crippen molar-refractivity contribution in [2.45, 2.75) is 31.8 Å². The number of rotatable bonds is 2. The Kier molecular flexibility index (Phi) is 2.65. The van der Waals surface area contributed by atoms with Crippen molar-refractivity contribution in [3.8, 4) is 0 Å². The lowest BCUT2D eigenvalue weighted by Gasteiger charge is -2.13. The number of aliphatic hydroxyl groups is 1. The van der Waals surface area contributed by atoms with Gasteiger partial charge in [-0.25, -0.2) is 0 Å². The van der Waals surface area contributed by atoms with Gasteiger partial charge in [0.2, 0.25) is 0 Å². The van der Waals surface area contributed by atoms with Gasteiger partial charge in [0, 0.05) is 0 Å². The van der Waals surface area contributed by atoms with Gasteiger partial charge < -0.3 is 5.11 Å². The maximum absolute atomic E-state index is 9.65. The molecule has 13 heavy (non-hydrogen) atoms. The minimum absolute atomic E-state index is 0.0554. The van der Waals surface area contributed by atoms with Crippen LogP contribution in [0.3, 0.4) is 0 Å². The lowest BCUT2D eigenvalue weighted by atomic mass is 9.96. The lowest BCUT2D eigenvalue weighted by molar-refractivity contribution is 0.132. The molecule has 1 nitrogen and oxygen atoms in total. The molecule has 0 aromatic heterocycles. The standard InChI is InChI=1S/C12H16O/c13-12-8-4-7-11(12)9-10-5-2-1-3-6-10/h1-3,5-6,11-13H,4,7-9H2/t11?,12-/m1/s1. The van der Waals surface area contributed by atoms with E-state index in [2.05, 4.69) is 24.3 Å². The van der Waals surface area contributed by atoms with Crippen LogP contribution in [0.25, 0.3) is 0 Å². The topological polar surface area (TPSA) is 20.2 Å². The Balaban J connectivity index is 1.98. The van der Waals surface area contributed by atoms with Crippen molar-refractivity contribution in [3.05, 3.63) is 35.9 Å². The molecule has 1 unspecified atom stereocenters. The van der Waals surface area contributed by atoms with Gasteiger partial charge in [-0.3, -0.25) is 0 Å². The zero-order valence-electron chi connectivity index (χ0n) is 7.82. The van der Waals surface area contributed by atoms with Crippen molar-refractivity contribution in [1.29, 1.82) is 0 Å². The van der Waals surface area contributed by atoms with Gasteiger partial charge in [0.25, 0.3) is 0 Å². The van der Waals surface area contributed by atoms with E-state index in [0.717, 1.165) is 12.8 Å². The molecule has 1 aromatic rings. The molecule has 1 fully saturated rings. The van der Waals surface area contributed by atoms with E-state index in [4.69, 9.17) is 0 Å². The maximum atomic E-state index is 9.65. The van der Waals surface area contributed by atoms with Gasteiger partial charge in [-0.1, -0.05) is 36.8 Å². The molecular weight excluding hydrogens is 160 g/mol. The fourth-order valence-electron chi connectivity index (χ4n) is 2.17. The summed E-state index contributed by atoms with van der Waals surface area (Å²) in [5.74, 6) is 0.502. The van der Waals surface area contributed by atoms with Crippen LogP contribution in [-0.2, 0) is 6.42 Å². The summed E-state index contributed by atoms with van der Waals surface area (Å²) < 4.78 is 0. The number of benzene rings is 1. The van der Waals surface area contributed by atoms with E-state index in [-0.39, 0.29) is 6.10 Å². The first-order chi connectivity index (χ1) is 6.36. The monoisotopic (exact) mass is 176 g/mol. The summed E-state index contributed by atoms with van der Waals surface area (Å²) in [6.07, 6.45) is 4.37. The molecule has 1 heteroatoms. The van der Waals surface area contributed by atoms with Crippen LogP contribution in [0.4, 0.5) is 0 Å². The summed E-state index contributed by atoms with van der Waals surface area (Å²) in [5.41, 5.74) is 1.36. The van der Waals surface area contributed by atoms with Crippen molar-refractivity contribution < 1.29 is 5.11 Å². The quantitative estimate of drug-likeness (QED) is 0.733. The molecule has 2 rings (SSSR count). The molecule has 0 radical (unpaired) electrons. The summed E-state index contributed by atoms with van der Waals surface area (Å²) >= 11 is 0. The molecule has 0 bridgehead atoms. The van der Waals surface area contributed by atoms with Crippen LogP contribution in [0.1, 0.15) is 24.8 Å². The van der Waals surface area contributed by atoms with E-state index < -0.39 is 0 Å². The molecule has 1 aliphatic rings. The molecule has 1 N–H and O–H groups in total. The van der Waals surface area contributed by atoms with E-state index in [0.29, 0.717) is 5.92 Å². The van der Waals surface area contributed by atoms with Crippen LogP contribution in [-0.4, -0.2) is 11.2 Å². The Bertz CT molecular complexity index is 255. The van der Waals surface area contributed by atoms with Gasteiger partial charge in [0.1, 0.15) is 0 Å². The van der Waals surface area contributed by atoms with Crippen LogP contribution in [0.5, 0.6) is 0 Å².